The Kier molecular flexibility index (Phi) is 4.13. The van der Waals surface area contributed by atoms with Crippen LogP contribution in [0.15, 0.2) is 12.3 Å². The average molecular weight is 277 g/mol. The maximum Gasteiger partial charge on any atom is 0.0832 e. The minimum Gasteiger partial charge on any atom is -0.377 e. The van der Waals surface area contributed by atoms with Gasteiger partial charge in [-0.2, -0.15) is 5.10 Å². The number of aromatic nitrogens is 2. The molecule has 2 aliphatic rings. The molecule has 0 spiro atoms. The van der Waals surface area contributed by atoms with Crippen molar-refractivity contribution < 1.29 is 4.74 Å². The summed E-state index contributed by atoms with van der Waals surface area (Å²) >= 11 is 0. The van der Waals surface area contributed by atoms with E-state index in [4.69, 9.17) is 15.6 Å². The van der Waals surface area contributed by atoms with Crippen LogP contribution in [0.2, 0.25) is 0 Å². The third-order valence-corrected chi connectivity index (χ3v) is 5.32. The number of hydrogen-bond acceptors (Lipinski definition) is 3. The summed E-state index contributed by atoms with van der Waals surface area (Å²) in [6, 6.07) is 2.81. The molecule has 2 aliphatic carbocycles. The van der Waals surface area contributed by atoms with Crippen molar-refractivity contribution in [3.05, 3.63) is 18.0 Å². The first-order valence-electron chi connectivity index (χ1n) is 8.08. The Morgan fingerprint density at radius 2 is 2.05 bits per heavy atom. The summed E-state index contributed by atoms with van der Waals surface area (Å²) in [6.07, 6.45) is 12.8. The second-order valence-corrected chi connectivity index (χ2v) is 6.51. The molecule has 2 N–H and O–H groups in total. The van der Waals surface area contributed by atoms with Crippen molar-refractivity contribution in [3.63, 3.8) is 0 Å². The number of hydrogen-bond donors (Lipinski definition) is 1. The first-order valence-corrected chi connectivity index (χ1v) is 8.08. The predicted molar refractivity (Wildman–Crippen MR) is 79.6 cm³/mol. The van der Waals surface area contributed by atoms with Crippen molar-refractivity contribution in [2.45, 2.75) is 75.5 Å². The smallest absolute Gasteiger partial charge is 0.0832 e. The van der Waals surface area contributed by atoms with E-state index in [1.807, 2.05) is 7.11 Å². The molecule has 1 heterocycles. The second kappa shape index (κ2) is 5.86. The zero-order valence-electron chi connectivity index (χ0n) is 12.6. The highest BCUT2D eigenvalue weighted by molar-refractivity contribution is 5.07. The number of methoxy groups -OCH3 is 1. The third-order valence-electron chi connectivity index (χ3n) is 5.32. The molecular weight excluding hydrogens is 250 g/mol. The number of rotatable bonds is 5. The summed E-state index contributed by atoms with van der Waals surface area (Å²) < 4.78 is 7.94. The van der Waals surface area contributed by atoms with Crippen LogP contribution in [-0.4, -0.2) is 28.5 Å². The average Bonchev–Trinajstić information content (AvgIpc) is 3.20. The van der Waals surface area contributed by atoms with Crippen LogP contribution < -0.4 is 5.73 Å². The van der Waals surface area contributed by atoms with Crippen molar-refractivity contribution in [2.75, 3.05) is 7.11 Å². The molecule has 2 fully saturated rings. The molecule has 1 atom stereocenters. The van der Waals surface area contributed by atoms with E-state index in [0.717, 1.165) is 25.0 Å². The van der Waals surface area contributed by atoms with Gasteiger partial charge in [-0.25, -0.2) is 0 Å². The molecule has 0 aromatic carbocycles. The Labute approximate surface area is 121 Å². The zero-order chi connectivity index (χ0) is 14.0. The lowest BCUT2D eigenvalue weighted by molar-refractivity contribution is -0.0256. The molecule has 112 valence electrons. The quantitative estimate of drug-likeness (QED) is 0.900. The Bertz CT molecular complexity index is 431. The molecule has 1 aromatic heterocycles. The Hall–Kier alpha value is -0.870. The van der Waals surface area contributed by atoms with E-state index >= 15 is 0 Å². The molecule has 20 heavy (non-hydrogen) atoms. The van der Waals surface area contributed by atoms with E-state index in [2.05, 4.69) is 16.9 Å². The van der Waals surface area contributed by atoms with Crippen LogP contribution >= 0.6 is 0 Å². The van der Waals surface area contributed by atoms with Gasteiger partial charge >= 0.3 is 0 Å². The Morgan fingerprint density at radius 3 is 2.70 bits per heavy atom. The minimum absolute atomic E-state index is 0.0573. The summed E-state index contributed by atoms with van der Waals surface area (Å²) in [5.41, 5.74) is 7.45. The second-order valence-electron chi connectivity index (χ2n) is 6.51. The van der Waals surface area contributed by atoms with E-state index in [-0.39, 0.29) is 11.6 Å². The standard InChI is InChI=1S/C16H27N3O/c1-20-16(9-4-5-10-16)15(17)12-13-8-11-19(18-13)14-6-2-3-7-14/h8,11,14-15H,2-7,9-10,12,17H2,1H3. The van der Waals surface area contributed by atoms with Crippen molar-refractivity contribution in [1.29, 1.82) is 0 Å². The largest absolute Gasteiger partial charge is 0.377 e. The number of nitrogens with zero attached hydrogens (tertiary/aromatic N) is 2. The fraction of sp³-hybridized carbons (Fsp3) is 0.812. The predicted octanol–water partition coefficient (Wildman–Crippen LogP) is 2.83. The van der Waals surface area contributed by atoms with Crippen LogP contribution in [0.5, 0.6) is 0 Å². The molecular formula is C16H27N3O. The molecule has 0 aliphatic heterocycles. The molecule has 0 radical (unpaired) electrons. The van der Waals surface area contributed by atoms with Crippen LogP contribution in [0.25, 0.3) is 0 Å². The van der Waals surface area contributed by atoms with Gasteiger partial charge in [-0.05, 0) is 31.7 Å². The van der Waals surface area contributed by atoms with E-state index in [1.54, 1.807) is 0 Å². The highest BCUT2D eigenvalue weighted by atomic mass is 16.5. The van der Waals surface area contributed by atoms with Crippen molar-refractivity contribution in [3.8, 4) is 0 Å². The SMILES string of the molecule is COC1(C(N)Cc2ccn(C3CCCC3)n2)CCCC1. The van der Waals surface area contributed by atoms with Crippen molar-refractivity contribution >= 4 is 0 Å². The van der Waals surface area contributed by atoms with Gasteiger partial charge in [0.25, 0.3) is 0 Å². The lowest BCUT2D eigenvalue weighted by Gasteiger charge is -2.33. The summed E-state index contributed by atoms with van der Waals surface area (Å²) in [6.45, 7) is 0. The zero-order valence-corrected chi connectivity index (χ0v) is 12.6. The third kappa shape index (κ3) is 2.63. The molecule has 1 unspecified atom stereocenters. The molecule has 4 nitrogen and oxygen atoms in total. The van der Waals surface area contributed by atoms with Crippen LogP contribution in [0.3, 0.4) is 0 Å². The maximum absolute atomic E-state index is 6.44. The van der Waals surface area contributed by atoms with E-state index in [0.29, 0.717) is 6.04 Å². The minimum atomic E-state index is -0.114. The van der Waals surface area contributed by atoms with Gasteiger partial charge in [0, 0.05) is 25.8 Å². The van der Waals surface area contributed by atoms with Gasteiger partial charge in [0.2, 0.25) is 0 Å². The fourth-order valence-corrected chi connectivity index (χ4v) is 3.97. The van der Waals surface area contributed by atoms with Gasteiger partial charge < -0.3 is 10.5 Å². The molecule has 1 aromatic rings. The van der Waals surface area contributed by atoms with Gasteiger partial charge in [0.05, 0.1) is 17.3 Å². The highest BCUT2D eigenvalue weighted by Gasteiger charge is 2.39. The summed E-state index contributed by atoms with van der Waals surface area (Å²) in [5.74, 6) is 0. The van der Waals surface area contributed by atoms with Gasteiger partial charge in [0.1, 0.15) is 0 Å². The lowest BCUT2D eigenvalue weighted by atomic mass is 9.89. The maximum atomic E-state index is 6.44. The monoisotopic (exact) mass is 277 g/mol. The van der Waals surface area contributed by atoms with Gasteiger partial charge in [-0.15, -0.1) is 0 Å². The van der Waals surface area contributed by atoms with Crippen LogP contribution in [-0.2, 0) is 11.2 Å². The van der Waals surface area contributed by atoms with Gasteiger partial charge in [-0.1, -0.05) is 25.7 Å². The molecule has 0 bridgehead atoms. The molecule has 3 rings (SSSR count). The summed E-state index contributed by atoms with van der Waals surface area (Å²) in [4.78, 5) is 0. The van der Waals surface area contributed by atoms with Crippen molar-refractivity contribution in [1.82, 2.24) is 9.78 Å². The normalized spacial score (nSPS) is 24.3. The fourth-order valence-electron chi connectivity index (χ4n) is 3.97. The molecule has 0 amide bonds. The van der Waals surface area contributed by atoms with E-state index in [1.165, 1.54) is 38.5 Å². The van der Waals surface area contributed by atoms with Crippen LogP contribution in [0.1, 0.15) is 63.1 Å². The number of ether oxygens (including phenoxy) is 1. The van der Waals surface area contributed by atoms with Gasteiger partial charge in [0.15, 0.2) is 0 Å². The first-order chi connectivity index (χ1) is 9.73. The molecule has 2 saturated carbocycles. The molecule has 4 heteroatoms. The Morgan fingerprint density at radius 1 is 1.35 bits per heavy atom. The Balaban J connectivity index is 1.65. The van der Waals surface area contributed by atoms with Crippen LogP contribution in [0, 0.1) is 0 Å². The van der Waals surface area contributed by atoms with Crippen molar-refractivity contribution in [2.24, 2.45) is 5.73 Å². The topological polar surface area (TPSA) is 53.1 Å². The lowest BCUT2D eigenvalue weighted by Crippen LogP contribution is -2.48. The summed E-state index contributed by atoms with van der Waals surface area (Å²) in [7, 11) is 1.81. The number of nitrogens with two attached hydrogens (primary N) is 1. The van der Waals surface area contributed by atoms with E-state index in [9.17, 15) is 0 Å². The first kappa shape index (κ1) is 14.1. The van der Waals surface area contributed by atoms with Gasteiger partial charge in [-0.3, -0.25) is 4.68 Å². The summed E-state index contributed by atoms with van der Waals surface area (Å²) in [5, 5.41) is 4.75. The highest BCUT2D eigenvalue weighted by Crippen LogP contribution is 2.36. The van der Waals surface area contributed by atoms with E-state index < -0.39 is 0 Å². The van der Waals surface area contributed by atoms with Crippen LogP contribution in [0.4, 0.5) is 0 Å². The molecule has 0 saturated heterocycles.